The molecule has 0 N–H and O–H groups in total. The number of carbonyl (C=O) groups excluding carboxylic acids is 1. The van der Waals surface area contributed by atoms with Gasteiger partial charge in [0.1, 0.15) is 0 Å². The molecule has 1 atom stereocenters. The van der Waals surface area contributed by atoms with Crippen LogP contribution in [0.3, 0.4) is 0 Å². The summed E-state index contributed by atoms with van der Waals surface area (Å²) in [7, 11) is 0. The summed E-state index contributed by atoms with van der Waals surface area (Å²) in [5.74, 6) is 0.0301. The Hall–Kier alpha value is -2.87. The van der Waals surface area contributed by atoms with Gasteiger partial charge in [-0.1, -0.05) is 53.6 Å². The van der Waals surface area contributed by atoms with Gasteiger partial charge in [-0.3, -0.25) is 9.69 Å². The lowest BCUT2D eigenvalue weighted by Gasteiger charge is -2.36. The van der Waals surface area contributed by atoms with E-state index in [2.05, 4.69) is 4.90 Å². The second-order valence-corrected chi connectivity index (χ2v) is 9.44. The zero-order valence-corrected chi connectivity index (χ0v) is 20.7. The Kier molecular flexibility index (Phi) is 8.34. The van der Waals surface area contributed by atoms with E-state index in [1.165, 1.54) is 12.1 Å². The molecule has 8 heteroatoms. The topological polar surface area (TPSA) is 32.8 Å². The maximum atomic E-state index is 12.9. The summed E-state index contributed by atoms with van der Waals surface area (Å²) in [6.07, 6.45) is -4.67. The lowest BCUT2D eigenvalue weighted by molar-refractivity contribution is -0.137. The number of alkyl halides is 3. The molecule has 4 nitrogen and oxygen atoms in total. The van der Waals surface area contributed by atoms with Crippen LogP contribution in [0.2, 0.25) is 5.02 Å². The normalized spacial score (nSPS) is 15.6. The van der Waals surface area contributed by atoms with Crippen molar-refractivity contribution in [2.24, 2.45) is 0 Å². The largest absolute Gasteiger partial charge is 0.416 e. The monoisotopic (exact) mass is 516 g/mol. The van der Waals surface area contributed by atoms with Gasteiger partial charge in [-0.05, 0) is 54.4 Å². The number of piperazine rings is 1. The van der Waals surface area contributed by atoms with Crippen LogP contribution in [-0.2, 0) is 17.5 Å². The lowest BCUT2D eigenvalue weighted by Crippen LogP contribution is -2.49. The average Bonchev–Trinajstić information content (AvgIpc) is 2.87. The SMILES string of the molecule is Cc1ccc(C(=O)N2CCN(C[C@@H](OCc3ccc(C(F)(F)F)cc3)c3ccc(Cl)cc3)CC2)cc1. The molecule has 1 aliphatic heterocycles. The maximum absolute atomic E-state index is 12.9. The van der Waals surface area contributed by atoms with Crippen LogP contribution < -0.4 is 0 Å². The average molecular weight is 517 g/mol. The number of halogens is 4. The number of aryl methyl sites for hydroxylation is 1. The van der Waals surface area contributed by atoms with Crippen LogP contribution >= 0.6 is 11.6 Å². The fourth-order valence-corrected chi connectivity index (χ4v) is 4.29. The molecule has 0 aromatic heterocycles. The Morgan fingerprint density at radius 1 is 0.917 bits per heavy atom. The van der Waals surface area contributed by atoms with Gasteiger partial charge < -0.3 is 9.64 Å². The second-order valence-electron chi connectivity index (χ2n) is 9.00. The Balaban J connectivity index is 1.38. The molecule has 1 amide bonds. The quantitative estimate of drug-likeness (QED) is 0.365. The highest BCUT2D eigenvalue weighted by Gasteiger charge is 2.30. The van der Waals surface area contributed by atoms with Gasteiger partial charge in [0.25, 0.3) is 5.91 Å². The number of nitrogens with zero attached hydrogens (tertiary/aromatic N) is 2. The fourth-order valence-electron chi connectivity index (χ4n) is 4.17. The summed E-state index contributed by atoms with van der Waals surface area (Å²) < 4.78 is 44.8. The van der Waals surface area contributed by atoms with Crippen LogP contribution in [0.15, 0.2) is 72.8 Å². The molecule has 1 fully saturated rings. The molecule has 3 aromatic carbocycles. The number of ether oxygens (including phenoxy) is 1. The fraction of sp³-hybridized carbons (Fsp3) is 0.321. The Bertz CT molecular complexity index is 1140. The molecule has 0 spiro atoms. The van der Waals surface area contributed by atoms with Crippen molar-refractivity contribution in [1.29, 1.82) is 0 Å². The molecule has 1 heterocycles. The van der Waals surface area contributed by atoms with Crippen LogP contribution in [0, 0.1) is 6.92 Å². The molecule has 0 saturated carbocycles. The van der Waals surface area contributed by atoms with E-state index < -0.39 is 11.7 Å². The van der Waals surface area contributed by atoms with Gasteiger partial charge in [0.2, 0.25) is 0 Å². The zero-order valence-electron chi connectivity index (χ0n) is 20.0. The van der Waals surface area contributed by atoms with E-state index in [1.807, 2.05) is 48.2 Å². The van der Waals surface area contributed by atoms with Gasteiger partial charge in [-0.15, -0.1) is 0 Å². The van der Waals surface area contributed by atoms with Crippen LogP contribution in [0.4, 0.5) is 13.2 Å². The van der Waals surface area contributed by atoms with Gasteiger partial charge >= 0.3 is 6.18 Å². The highest BCUT2D eigenvalue weighted by Crippen LogP contribution is 2.30. The van der Waals surface area contributed by atoms with Crippen LogP contribution in [0.25, 0.3) is 0 Å². The van der Waals surface area contributed by atoms with Crippen molar-refractivity contribution in [1.82, 2.24) is 9.80 Å². The van der Waals surface area contributed by atoms with Crippen molar-refractivity contribution >= 4 is 17.5 Å². The molecule has 0 aliphatic carbocycles. The third kappa shape index (κ3) is 6.87. The predicted octanol–water partition coefficient (Wildman–Crippen LogP) is 6.38. The third-order valence-corrected chi connectivity index (χ3v) is 6.61. The van der Waals surface area contributed by atoms with E-state index in [-0.39, 0.29) is 18.6 Å². The highest BCUT2D eigenvalue weighted by molar-refractivity contribution is 6.30. The smallest absolute Gasteiger partial charge is 0.368 e. The molecule has 1 aliphatic rings. The molecule has 1 saturated heterocycles. The molecule has 36 heavy (non-hydrogen) atoms. The van der Waals surface area contributed by atoms with Gasteiger partial charge in [0.05, 0.1) is 18.3 Å². The minimum Gasteiger partial charge on any atom is -0.368 e. The Morgan fingerprint density at radius 2 is 1.53 bits per heavy atom. The van der Waals surface area contributed by atoms with Crippen molar-refractivity contribution in [2.45, 2.75) is 25.8 Å². The molecule has 3 aromatic rings. The molecular formula is C28H28ClF3N2O2. The predicted molar refractivity (Wildman–Crippen MR) is 134 cm³/mol. The minimum absolute atomic E-state index is 0.0301. The van der Waals surface area contributed by atoms with E-state index in [9.17, 15) is 18.0 Å². The lowest BCUT2D eigenvalue weighted by atomic mass is 10.1. The van der Waals surface area contributed by atoms with Crippen molar-refractivity contribution in [3.05, 3.63) is 106 Å². The van der Waals surface area contributed by atoms with Crippen molar-refractivity contribution in [3.8, 4) is 0 Å². The molecule has 0 bridgehead atoms. The van der Waals surface area contributed by atoms with E-state index in [0.717, 1.165) is 23.3 Å². The summed E-state index contributed by atoms with van der Waals surface area (Å²) in [6, 6.07) is 20.0. The molecule has 190 valence electrons. The second kappa shape index (κ2) is 11.5. The first-order chi connectivity index (χ1) is 17.2. The summed E-state index contributed by atoms with van der Waals surface area (Å²) in [5, 5.41) is 0.614. The van der Waals surface area contributed by atoms with Crippen LogP contribution in [0.5, 0.6) is 0 Å². The third-order valence-electron chi connectivity index (χ3n) is 6.36. The number of rotatable bonds is 7. The first-order valence-corrected chi connectivity index (χ1v) is 12.2. The summed E-state index contributed by atoms with van der Waals surface area (Å²) in [5.41, 5.74) is 2.72. The zero-order chi connectivity index (χ0) is 25.7. The van der Waals surface area contributed by atoms with Crippen LogP contribution in [-0.4, -0.2) is 48.4 Å². The van der Waals surface area contributed by atoms with E-state index in [4.69, 9.17) is 16.3 Å². The molecular weight excluding hydrogens is 489 g/mol. The van der Waals surface area contributed by atoms with Gasteiger partial charge in [-0.2, -0.15) is 13.2 Å². The van der Waals surface area contributed by atoms with E-state index in [1.54, 1.807) is 12.1 Å². The van der Waals surface area contributed by atoms with E-state index in [0.29, 0.717) is 48.9 Å². The first kappa shape index (κ1) is 26.2. The Morgan fingerprint density at radius 3 is 2.11 bits per heavy atom. The van der Waals surface area contributed by atoms with Gasteiger partial charge in [0, 0.05) is 43.3 Å². The highest BCUT2D eigenvalue weighted by atomic mass is 35.5. The standard InChI is InChI=1S/C28H28ClF3N2O2/c1-20-2-6-23(7-3-20)27(35)34-16-14-33(15-17-34)18-26(22-8-12-25(29)13-9-22)36-19-21-4-10-24(11-5-21)28(30,31)32/h2-13,26H,14-19H2,1H3/t26-/m1/s1. The number of benzene rings is 3. The number of hydrogen-bond donors (Lipinski definition) is 0. The Labute approximate surface area is 214 Å². The molecule has 0 unspecified atom stereocenters. The number of carbonyl (C=O) groups is 1. The maximum Gasteiger partial charge on any atom is 0.416 e. The van der Waals surface area contributed by atoms with Crippen molar-refractivity contribution < 1.29 is 22.7 Å². The summed E-state index contributed by atoms with van der Waals surface area (Å²) >= 11 is 6.06. The van der Waals surface area contributed by atoms with Crippen molar-refractivity contribution in [3.63, 3.8) is 0 Å². The van der Waals surface area contributed by atoms with Gasteiger partial charge in [-0.25, -0.2) is 0 Å². The van der Waals surface area contributed by atoms with E-state index >= 15 is 0 Å². The van der Waals surface area contributed by atoms with Gasteiger partial charge in [0.15, 0.2) is 0 Å². The minimum atomic E-state index is -4.37. The summed E-state index contributed by atoms with van der Waals surface area (Å²) in [4.78, 5) is 16.9. The molecule has 4 rings (SSSR count). The summed E-state index contributed by atoms with van der Waals surface area (Å²) in [6.45, 7) is 5.38. The van der Waals surface area contributed by atoms with Crippen molar-refractivity contribution in [2.75, 3.05) is 32.7 Å². The molecule has 0 radical (unpaired) electrons. The number of amides is 1. The van der Waals surface area contributed by atoms with Crippen LogP contribution in [0.1, 0.15) is 38.7 Å². The number of hydrogen-bond acceptors (Lipinski definition) is 3. The first-order valence-electron chi connectivity index (χ1n) is 11.8.